The van der Waals surface area contributed by atoms with Gasteiger partial charge in [0.25, 0.3) is 5.91 Å². The lowest BCUT2D eigenvalue weighted by Gasteiger charge is -2.53. The largest absolute Gasteiger partial charge is 0.416 e. The summed E-state index contributed by atoms with van der Waals surface area (Å²) in [5, 5.41) is 2.80. The van der Waals surface area contributed by atoms with Gasteiger partial charge in [-0.3, -0.25) is 19.3 Å². The summed E-state index contributed by atoms with van der Waals surface area (Å²) in [7, 11) is 0. The third-order valence-corrected chi connectivity index (χ3v) is 8.24. The van der Waals surface area contributed by atoms with Crippen molar-refractivity contribution in [2.24, 2.45) is 0 Å². The summed E-state index contributed by atoms with van der Waals surface area (Å²) < 4.78 is 45.6. The molecule has 12 heteroatoms. The van der Waals surface area contributed by atoms with E-state index in [0.29, 0.717) is 11.1 Å². The van der Waals surface area contributed by atoms with Crippen molar-refractivity contribution >= 4 is 41.2 Å². The van der Waals surface area contributed by atoms with Crippen LogP contribution in [-0.2, 0) is 36.6 Å². The van der Waals surface area contributed by atoms with Gasteiger partial charge in [-0.05, 0) is 42.7 Å². The number of hydrogen-bond acceptors (Lipinski definition) is 5. The van der Waals surface area contributed by atoms with Crippen LogP contribution in [0.1, 0.15) is 48.2 Å². The summed E-state index contributed by atoms with van der Waals surface area (Å²) in [6.45, 7) is 0.835. The van der Waals surface area contributed by atoms with Gasteiger partial charge in [-0.15, -0.1) is 0 Å². The molecule has 0 bridgehead atoms. The lowest BCUT2D eigenvalue weighted by atomic mass is 9.87. The zero-order valence-electron chi connectivity index (χ0n) is 24.7. The average Bonchev–Trinajstić information content (AvgIpc) is 3.40. The van der Waals surface area contributed by atoms with Gasteiger partial charge in [0.2, 0.25) is 11.8 Å². The van der Waals surface area contributed by atoms with Gasteiger partial charge in [-0.2, -0.15) is 13.2 Å². The molecule has 1 N–H and O–H groups in total. The van der Waals surface area contributed by atoms with Crippen LogP contribution in [0.5, 0.6) is 0 Å². The SMILES string of the molecule is CC(=O)CC[C@@H](C(=O)NCc1cccc(C(F)(F)F)c1)N1C(=O)[C@@H](N2C(=O)CO[C@@H]2c2ccccc2)[C@H]1/C(Cl)=C/c1ccccc1. The van der Waals surface area contributed by atoms with E-state index in [9.17, 15) is 32.3 Å². The summed E-state index contributed by atoms with van der Waals surface area (Å²) in [6, 6.07) is 19.2. The number of ether oxygens (including phenoxy) is 1. The first-order valence-corrected chi connectivity index (χ1v) is 15.0. The predicted molar refractivity (Wildman–Crippen MR) is 164 cm³/mol. The number of rotatable bonds is 11. The van der Waals surface area contributed by atoms with Gasteiger partial charge in [-0.1, -0.05) is 84.4 Å². The fraction of sp³-hybridized carbons (Fsp3) is 0.294. The fourth-order valence-corrected chi connectivity index (χ4v) is 6.05. The lowest BCUT2D eigenvalue weighted by Crippen LogP contribution is -2.75. The molecule has 5 rings (SSSR count). The van der Waals surface area contributed by atoms with Gasteiger partial charge in [-0.25, -0.2) is 0 Å². The molecule has 3 aromatic rings. The first-order chi connectivity index (χ1) is 22.0. The molecule has 0 radical (unpaired) electrons. The van der Waals surface area contributed by atoms with Crippen molar-refractivity contribution in [3.63, 3.8) is 0 Å². The molecular weight excluding hydrogens is 623 g/mol. The molecule has 2 fully saturated rings. The number of nitrogens with zero attached hydrogens (tertiary/aromatic N) is 2. The van der Waals surface area contributed by atoms with Crippen molar-refractivity contribution in [2.75, 3.05) is 6.61 Å². The number of Topliss-reactive ketones (excluding diaryl/α,β-unsaturated/α-hetero) is 1. The Kier molecular flexibility index (Phi) is 9.93. The number of amides is 3. The van der Waals surface area contributed by atoms with E-state index < -0.39 is 53.8 Å². The second kappa shape index (κ2) is 13.9. The Morgan fingerprint density at radius 3 is 2.35 bits per heavy atom. The number of hydrogen-bond donors (Lipinski definition) is 1. The molecule has 2 heterocycles. The van der Waals surface area contributed by atoms with Crippen LogP contribution in [-0.4, -0.2) is 58.0 Å². The number of carbonyl (C=O) groups is 4. The minimum absolute atomic E-state index is 0.0543. The highest BCUT2D eigenvalue weighted by atomic mass is 35.5. The van der Waals surface area contributed by atoms with Crippen LogP contribution < -0.4 is 5.32 Å². The number of ketones is 1. The maximum Gasteiger partial charge on any atom is 0.416 e. The molecular formula is C34H31ClF3N3O5. The van der Waals surface area contributed by atoms with Crippen molar-refractivity contribution in [1.29, 1.82) is 0 Å². The molecule has 240 valence electrons. The number of carbonyl (C=O) groups excluding carboxylic acids is 4. The van der Waals surface area contributed by atoms with Crippen molar-refractivity contribution in [1.82, 2.24) is 15.1 Å². The Bertz CT molecular complexity index is 1630. The van der Waals surface area contributed by atoms with E-state index in [1.165, 1.54) is 28.9 Å². The van der Waals surface area contributed by atoms with Gasteiger partial charge >= 0.3 is 6.18 Å². The van der Waals surface area contributed by atoms with Crippen LogP contribution in [0.4, 0.5) is 13.2 Å². The highest BCUT2D eigenvalue weighted by Gasteiger charge is 2.59. The van der Waals surface area contributed by atoms with Crippen LogP contribution in [0.2, 0.25) is 0 Å². The number of β-lactam (4-membered cyclic amide) rings is 1. The van der Waals surface area contributed by atoms with E-state index in [-0.39, 0.29) is 42.4 Å². The normalized spacial score (nSPS) is 20.8. The molecule has 2 aliphatic heterocycles. The third-order valence-electron chi connectivity index (χ3n) is 7.91. The molecule has 4 atom stereocenters. The quantitative estimate of drug-likeness (QED) is 0.277. The molecule has 3 amide bonds. The summed E-state index contributed by atoms with van der Waals surface area (Å²) >= 11 is 6.92. The van der Waals surface area contributed by atoms with Crippen molar-refractivity contribution in [2.45, 2.75) is 56.8 Å². The van der Waals surface area contributed by atoms with Crippen molar-refractivity contribution in [3.8, 4) is 0 Å². The molecule has 2 aliphatic rings. The van der Waals surface area contributed by atoms with E-state index in [1.807, 2.05) is 6.07 Å². The zero-order valence-corrected chi connectivity index (χ0v) is 25.5. The molecule has 0 aliphatic carbocycles. The predicted octanol–water partition coefficient (Wildman–Crippen LogP) is 5.48. The summed E-state index contributed by atoms with van der Waals surface area (Å²) in [6.07, 6.45) is -3.92. The van der Waals surface area contributed by atoms with Crippen LogP contribution in [0.3, 0.4) is 0 Å². The van der Waals surface area contributed by atoms with Crippen LogP contribution in [0.15, 0.2) is 90.0 Å². The molecule has 0 aromatic heterocycles. The lowest BCUT2D eigenvalue weighted by molar-refractivity contribution is -0.172. The topological polar surface area (TPSA) is 96.0 Å². The summed E-state index contributed by atoms with van der Waals surface area (Å²) in [5.41, 5.74) is 0.693. The van der Waals surface area contributed by atoms with E-state index in [1.54, 1.807) is 60.7 Å². The summed E-state index contributed by atoms with van der Waals surface area (Å²) in [5.74, 6) is -1.92. The number of benzene rings is 3. The average molecular weight is 654 g/mol. The fourth-order valence-electron chi connectivity index (χ4n) is 5.70. The molecule has 8 nitrogen and oxygen atoms in total. The van der Waals surface area contributed by atoms with Crippen LogP contribution in [0.25, 0.3) is 6.08 Å². The third kappa shape index (κ3) is 7.16. The zero-order chi connectivity index (χ0) is 33.0. The Hall–Kier alpha value is -4.48. The van der Waals surface area contributed by atoms with Crippen molar-refractivity contribution in [3.05, 3.63) is 112 Å². The van der Waals surface area contributed by atoms with Gasteiger partial charge in [0.15, 0.2) is 6.23 Å². The van der Waals surface area contributed by atoms with Gasteiger partial charge in [0.1, 0.15) is 24.5 Å². The maximum absolute atomic E-state index is 14.1. The monoisotopic (exact) mass is 653 g/mol. The molecule has 46 heavy (non-hydrogen) atoms. The van der Waals surface area contributed by atoms with E-state index in [0.717, 1.165) is 12.1 Å². The maximum atomic E-state index is 14.1. The van der Waals surface area contributed by atoms with E-state index >= 15 is 0 Å². The standard InChI is InChI=1S/C34H31ClF3N3O5/c1-21(42)15-16-27(31(44)39-19-23-11-8-14-25(17-23)34(36,37)38)40-29(26(35)18-22-9-4-2-5-10-22)30(32(40)45)41-28(43)20-46-33(41)24-12-6-3-7-13-24/h2-14,17-18,27,29-30,33H,15-16,19-20H2,1H3,(H,39,44)/b26-18-/t27-,29+,30-,33+/m0/s1. The number of nitrogens with one attached hydrogen (secondary N) is 1. The highest BCUT2D eigenvalue weighted by Crippen LogP contribution is 2.42. The number of likely N-dealkylation sites (tertiary alicyclic amines) is 1. The minimum Gasteiger partial charge on any atom is -0.350 e. The molecule has 0 saturated carbocycles. The molecule has 2 saturated heterocycles. The smallest absolute Gasteiger partial charge is 0.350 e. The Morgan fingerprint density at radius 2 is 1.70 bits per heavy atom. The van der Waals surface area contributed by atoms with Crippen LogP contribution >= 0.6 is 11.6 Å². The van der Waals surface area contributed by atoms with Gasteiger partial charge in [0.05, 0.1) is 11.6 Å². The Morgan fingerprint density at radius 1 is 1.02 bits per heavy atom. The van der Waals surface area contributed by atoms with Gasteiger partial charge < -0.3 is 19.7 Å². The van der Waals surface area contributed by atoms with Crippen LogP contribution in [0, 0.1) is 0 Å². The van der Waals surface area contributed by atoms with E-state index in [4.69, 9.17) is 16.3 Å². The number of alkyl halides is 3. The first kappa shape index (κ1) is 32.9. The molecule has 0 spiro atoms. The highest BCUT2D eigenvalue weighted by molar-refractivity contribution is 6.33. The summed E-state index contributed by atoms with van der Waals surface area (Å²) in [4.78, 5) is 55.6. The Balaban J connectivity index is 1.48. The molecule has 0 unspecified atom stereocenters. The van der Waals surface area contributed by atoms with Gasteiger partial charge in [0, 0.05) is 23.6 Å². The second-order valence-corrected chi connectivity index (χ2v) is 11.6. The minimum atomic E-state index is -4.56. The first-order valence-electron chi connectivity index (χ1n) is 14.6. The Labute approximate surface area is 268 Å². The van der Waals surface area contributed by atoms with E-state index in [2.05, 4.69) is 5.32 Å². The number of halogens is 4. The molecule has 3 aromatic carbocycles. The van der Waals surface area contributed by atoms with Crippen molar-refractivity contribution < 1.29 is 37.1 Å². The second-order valence-electron chi connectivity index (χ2n) is 11.1.